The summed E-state index contributed by atoms with van der Waals surface area (Å²) in [5.41, 5.74) is 0. The summed E-state index contributed by atoms with van der Waals surface area (Å²) in [6.45, 7) is 4.92. The lowest BCUT2D eigenvalue weighted by molar-refractivity contribution is -0.143. The minimum absolute atomic E-state index is 0.0200. The maximum absolute atomic E-state index is 12.5. The molecule has 0 rings (SSSR count). The third kappa shape index (κ3) is 46.4. The molecule has 0 bridgehead atoms. The second-order valence-electron chi connectivity index (χ2n) is 18.9. The van der Waals surface area contributed by atoms with Gasteiger partial charge in [-0.3, -0.25) is 9.59 Å². The molecule has 0 aromatic rings. The first kappa shape index (κ1) is 58.9. The van der Waals surface area contributed by atoms with E-state index in [2.05, 4.69) is 19.2 Å². The monoisotopic (exact) mass is 850 g/mol. The molecule has 6 heteroatoms. The topological polar surface area (TPSA) is 95.9 Å². The summed E-state index contributed by atoms with van der Waals surface area (Å²) < 4.78 is 5.47. The Labute approximate surface area is 375 Å². The van der Waals surface area contributed by atoms with Gasteiger partial charge in [-0.05, 0) is 25.7 Å². The molecule has 358 valence electrons. The molecule has 0 heterocycles. The molecule has 2 unspecified atom stereocenters. The second-order valence-corrected chi connectivity index (χ2v) is 18.9. The minimum atomic E-state index is -0.680. The predicted molar refractivity (Wildman–Crippen MR) is 260 cm³/mol. The average molecular weight is 850 g/mol. The first-order valence-corrected chi connectivity index (χ1v) is 27.3. The SMILES string of the molecule is CCCCCCCCCCCCCCCCCCCC(=O)OCCCCCCCCCCCC(=O)NC(CO)C(O)CCCCCCCCCCCCCCCCCCC. The summed E-state index contributed by atoms with van der Waals surface area (Å²) >= 11 is 0. The van der Waals surface area contributed by atoms with Crippen molar-refractivity contribution in [2.24, 2.45) is 0 Å². The molecule has 0 aromatic carbocycles. The number of carbonyl (C=O) groups excluding carboxylic acids is 2. The molecule has 3 N–H and O–H groups in total. The summed E-state index contributed by atoms with van der Waals surface area (Å²) in [6, 6.07) is -0.560. The van der Waals surface area contributed by atoms with Gasteiger partial charge in [0.15, 0.2) is 0 Å². The second kappa shape index (κ2) is 50.5. The summed E-state index contributed by atoms with van der Waals surface area (Å²) in [6.07, 6.45) is 56.5. The number of ether oxygens (including phenoxy) is 1. The van der Waals surface area contributed by atoms with E-state index in [4.69, 9.17) is 4.74 Å². The Morgan fingerprint density at radius 2 is 0.683 bits per heavy atom. The number of rotatable bonds is 51. The highest BCUT2D eigenvalue weighted by Crippen LogP contribution is 2.17. The molecule has 0 saturated heterocycles. The van der Waals surface area contributed by atoms with Gasteiger partial charge >= 0.3 is 5.97 Å². The first-order chi connectivity index (χ1) is 29.5. The Morgan fingerprint density at radius 3 is 1.02 bits per heavy atom. The van der Waals surface area contributed by atoms with E-state index in [9.17, 15) is 19.8 Å². The fourth-order valence-electron chi connectivity index (χ4n) is 8.70. The number of aliphatic hydroxyl groups is 2. The van der Waals surface area contributed by atoms with Crippen LogP contribution in [0.2, 0.25) is 0 Å². The molecule has 0 saturated carbocycles. The van der Waals surface area contributed by atoms with Crippen molar-refractivity contribution in [2.45, 2.75) is 321 Å². The minimum Gasteiger partial charge on any atom is -0.466 e. The number of carbonyl (C=O) groups is 2. The largest absolute Gasteiger partial charge is 0.466 e. The van der Waals surface area contributed by atoms with Gasteiger partial charge in [0.1, 0.15) is 0 Å². The Hall–Kier alpha value is -1.14. The summed E-state index contributed by atoms with van der Waals surface area (Å²) in [4.78, 5) is 24.5. The fraction of sp³-hybridized carbons (Fsp3) is 0.963. The lowest BCUT2D eigenvalue weighted by Crippen LogP contribution is -2.45. The Bertz CT molecular complexity index is 852. The van der Waals surface area contributed by atoms with Crippen LogP contribution >= 0.6 is 0 Å². The van der Waals surface area contributed by atoms with Gasteiger partial charge in [-0.2, -0.15) is 0 Å². The number of unbranched alkanes of at least 4 members (excludes halogenated alkanes) is 40. The molecule has 0 aliphatic rings. The van der Waals surface area contributed by atoms with Crippen molar-refractivity contribution in [3.63, 3.8) is 0 Å². The van der Waals surface area contributed by atoms with Gasteiger partial charge < -0.3 is 20.3 Å². The van der Waals surface area contributed by atoms with E-state index >= 15 is 0 Å². The van der Waals surface area contributed by atoms with Crippen molar-refractivity contribution >= 4 is 11.9 Å². The van der Waals surface area contributed by atoms with Crippen LogP contribution in [0.1, 0.15) is 309 Å². The van der Waals surface area contributed by atoms with Crippen LogP contribution in [0.25, 0.3) is 0 Å². The summed E-state index contributed by atoms with van der Waals surface area (Å²) in [5.74, 6) is -0.0788. The van der Waals surface area contributed by atoms with Gasteiger partial charge in [-0.25, -0.2) is 0 Å². The molecule has 0 aliphatic heterocycles. The summed E-state index contributed by atoms with van der Waals surface area (Å²) in [7, 11) is 0. The van der Waals surface area contributed by atoms with Gasteiger partial charge in [0.2, 0.25) is 5.91 Å². The number of amides is 1. The van der Waals surface area contributed by atoms with E-state index in [1.807, 2.05) is 0 Å². The number of esters is 1. The number of aliphatic hydroxyl groups excluding tert-OH is 2. The van der Waals surface area contributed by atoms with Crippen molar-refractivity contribution < 1.29 is 24.5 Å². The van der Waals surface area contributed by atoms with Crippen LogP contribution in [0.15, 0.2) is 0 Å². The van der Waals surface area contributed by atoms with E-state index in [1.165, 1.54) is 218 Å². The van der Waals surface area contributed by atoms with Gasteiger partial charge in [-0.15, -0.1) is 0 Å². The molecule has 6 nitrogen and oxygen atoms in total. The van der Waals surface area contributed by atoms with Crippen LogP contribution < -0.4 is 5.32 Å². The smallest absolute Gasteiger partial charge is 0.305 e. The van der Waals surface area contributed by atoms with E-state index in [0.717, 1.165) is 57.8 Å². The van der Waals surface area contributed by atoms with E-state index in [-0.39, 0.29) is 18.5 Å². The zero-order valence-electron chi connectivity index (χ0n) is 40.7. The highest BCUT2D eigenvalue weighted by molar-refractivity contribution is 5.76. The Morgan fingerprint density at radius 1 is 0.400 bits per heavy atom. The van der Waals surface area contributed by atoms with E-state index in [1.54, 1.807) is 0 Å². The molecule has 60 heavy (non-hydrogen) atoms. The molecule has 0 aliphatic carbocycles. The molecular formula is C54H107NO5. The van der Waals surface area contributed by atoms with Crippen LogP contribution in [-0.4, -0.2) is 47.4 Å². The lowest BCUT2D eigenvalue weighted by atomic mass is 10.0. The van der Waals surface area contributed by atoms with Crippen LogP contribution in [0.5, 0.6) is 0 Å². The van der Waals surface area contributed by atoms with Crippen molar-refractivity contribution in [2.75, 3.05) is 13.2 Å². The molecule has 1 amide bonds. The summed E-state index contributed by atoms with van der Waals surface area (Å²) in [5, 5.41) is 23.2. The standard InChI is InChI=1S/C54H107NO5/c1-3-5-7-9-11-13-15-17-19-21-23-25-27-30-34-38-42-46-52(57)51(50-56)55-53(58)47-43-39-35-31-29-33-37-41-45-49-60-54(59)48-44-40-36-32-28-26-24-22-20-18-16-14-12-10-8-6-4-2/h51-52,56-57H,3-50H2,1-2H3,(H,55,58). The van der Waals surface area contributed by atoms with Crippen molar-refractivity contribution in [1.29, 1.82) is 0 Å². The maximum Gasteiger partial charge on any atom is 0.305 e. The molecule has 0 fully saturated rings. The fourth-order valence-corrected chi connectivity index (χ4v) is 8.70. The zero-order chi connectivity index (χ0) is 43.7. The highest BCUT2D eigenvalue weighted by Gasteiger charge is 2.20. The predicted octanol–water partition coefficient (Wildman–Crippen LogP) is 16.4. The van der Waals surface area contributed by atoms with Crippen LogP contribution in [0.3, 0.4) is 0 Å². The quantitative estimate of drug-likeness (QED) is 0.0418. The Kier molecular flexibility index (Phi) is 49.5. The number of hydrogen-bond acceptors (Lipinski definition) is 5. The van der Waals surface area contributed by atoms with Crippen molar-refractivity contribution in [1.82, 2.24) is 5.32 Å². The van der Waals surface area contributed by atoms with Crippen LogP contribution in [-0.2, 0) is 14.3 Å². The third-order valence-electron chi connectivity index (χ3n) is 12.9. The zero-order valence-corrected chi connectivity index (χ0v) is 40.7. The molecule has 0 spiro atoms. The van der Waals surface area contributed by atoms with Gasteiger partial charge in [-0.1, -0.05) is 271 Å². The average Bonchev–Trinajstić information content (AvgIpc) is 3.25. The lowest BCUT2D eigenvalue weighted by Gasteiger charge is -2.22. The van der Waals surface area contributed by atoms with E-state index in [0.29, 0.717) is 25.9 Å². The highest BCUT2D eigenvalue weighted by atomic mass is 16.5. The van der Waals surface area contributed by atoms with E-state index < -0.39 is 12.1 Å². The van der Waals surface area contributed by atoms with Crippen molar-refractivity contribution in [3.8, 4) is 0 Å². The molecule has 0 aromatic heterocycles. The molecular weight excluding hydrogens is 743 g/mol. The number of nitrogens with one attached hydrogen (secondary N) is 1. The first-order valence-electron chi connectivity index (χ1n) is 27.3. The Balaban J connectivity index is 3.45. The number of hydrogen-bond donors (Lipinski definition) is 3. The van der Waals surface area contributed by atoms with Crippen LogP contribution in [0, 0.1) is 0 Å². The molecule has 0 radical (unpaired) electrons. The van der Waals surface area contributed by atoms with Crippen LogP contribution in [0.4, 0.5) is 0 Å². The normalized spacial score (nSPS) is 12.5. The van der Waals surface area contributed by atoms with Gasteiger partial charge in [0, 0.05) is 12.8 Å². The van der Waals surface area contributed by atoms with Gasteiger partial charge in [0.25, 0.3) is 0 Å². The van der Waals surface area contributed by atoms with Gasteiger partial charge in [0.05, 0.1) is 25.4 Å². The molecule has 2 atom stereocenters. The third-order valence-corrected chi connectivity index (χ3v) is 12.9. The van der Waals surface area contributed by atoms with Crippen molar-refractivity contribution in [3.05, 3.63) is 0 Å². The maximum atomic E-state index is 12.5.